The fourth-order valence-electron chi connectivity index (χ4n) is 1.09. The Labute approximate surface area is 82.4 Å². The second-order valence-corrected chi connectivity index (χ2v) is 2.45. The van der Waals surface area contributed by atoms with E-state index in [1.165, 1.54) is 21.3 Å². The number of benzene rings is 1. The predicted molar refractivity (Wildman–Crippen MR) is 49.7 cm³/mol. The number of methoxy groups -OCH3 is 3. The minimum Gasteiger partial charge on any atom is -0.492 e. The number of rotatable bonds is 3. The molecule has 4 nitrogen and oxygen atoms in total. The molecule has 0 aliphatic heterocycles. The van der Waals surface area contributed by atoms with Crippen LogP contribution in [-0.4, -0.2) is 27.3 Å². The van der Waals surface area contributed by atoms with Gasteiger partial charge in [0.2, 0.25) is 0 Å². The molecule has 1 rings (SSSR count). The first-order chi connectivity index (χ1) is 6.74. The topological polar surface area (TPSA) is 44.8 Å². The zero-order chi connectivity index (χ0) is 10.6. The summed E-state index contributed by atoms with van der Waals surface area (Å²) in [5.74, 6) is 0.256. The van der Waals surface area contributed by atoms with E-state index in [2.05, 4.69) is 10.8 Å². The number of esters is 1. The molecule has 0 atom stereocenters. The molecule has 4 heteroatoms. The van der Waals surface area contributed by atoms with Crippen LogP contribution < -0.4 is 9.47 Å². The predicted octanol–water partition coefficient (Wildman–Crippen LogP) is 1.29. The van der Waals surface area contributed by atoms with E-state index in [0.29, 0.717) is 17.1 Å². The zero-order valence-corrected chi connectivity index (χ0v) is 8.29. The van der Waals surface area contributed by atoms with E-state index in [1.54, 1.807) is 12.1 Å². The van der Waals surface area contributed by atoms with Crippen molar-refractivity contribution in [1.82, 2.24) is 0 Å². The molecule has 0 N–H and O–H groups in total. The highest BCUT2D eigenvalue weighted by Crippen LogP contribution is 2.30. The zero-order valence-electron chi connectivity index (χ0n) is 8.29. The van der Waals surface area contributed by atoms with Gasteiger partial charge in [-0.3, -0.25) is 0 Å². The van der Waals surface area contributed by atoms with Crippen LogP contribution in [0.2, 0.25) is 0 Å². The maximum atomic E-state index is 11.3. The van der Waals surface area contributed by atoms with E-state index >= 15 is 0 Å². The van der Waals surface area contributed by atoms with Gasteiger partial charge in [-0.2, -0.15) is 0 Å². The van der Waals surface area contributed by atoms with Crippen molar-refractivity contribution in [2.45, 2.75) is 0 Å². The summed E-state index contributed by atoms with van der Waals surface area (Å²) in [5, 5.41) is 0. The second-order valence-electron chi connectivity index (χ2n) is 2.45. The molecule has 0 aliphatic carbocycles. The largest absolute Gasteiger partial charge is 0.492 e. The molecule has 0 aromatic heterocycles. The van der Waals surface area contributed by atoms with Crippen LogP contribution in [0.4, 0.5) is 0 Å². The Kier molecular flexibility index (Phi) is 3.34. The first-order valence-corrected chi connectivity index (χ1v) is 3.95. The quantitative estimate of drug-likeness (QED) is 0.682. The molecular weight excluding hydrogens is 184 g/mol. The van der Waals surface area contributed by atoms with Crippen molar-refractivity contribution >= 4 is 5.97 Å². The Morgan fingerprint density at radius 3 is 2.50 bits per heavy atom. The van der Waals surface area contributed by atoms with Crippen LogP contribution in [0.1, 0.15) is 10.4 Å². The van der Waals surface area contributed by atoms with Gasteiger partial charge in [0, 0.05) is 6.07 Å². The number of hydrogen-bond acceptors (Lipinski definition) is 4. The molecule has 0 bridgehead atoms. The molecule has 0 aliphatic rings. The second kappa shape index (κ2) is 4.50. The van der Waals surface area contributed by atoms with Crippen LogP contribution in [0.5, 0.6) is 11.5 Å². The van der Waals surface area contributed by atoms with Crippen LogP contribution in [-0.2, 0) is 4.74 Å². The molecule has 0 unspecified atom stereocenters. The van der Waals surface area contributed by atoms with E-state index in [1.807, 2.05) is 0 Å². The minimum absolute atomic E-state index is 0.325. The third kappa shape index (κ3) is 1.79. The lowest BCUT2D eigenvalue weighted by Crippen LogP contribution is -2.05. The van der Waals surface area contributed by atoms with Crippen LogP contribution in [0, 0.1) is 6.07 Å². The highest BCUT2D eigenvalue weighted by atomic mass is 16.5. The highest BCUT2D eigenvalue weighted by molar-refractivity contribution is 5.93. The van der Waals surface area contributed by atoms with Gasteiger partial charge in [0.1, 0.15) is 5.56 Å². The van der Waals surface area contributed by atoms with Gasteiger partial charge in [-0.05, 0) is 12.1 Å². The minimum atomic E-state index is -0.464. The van der Waals surface area contributed by atoms with Crippen molar-refractivity contribution in [2.75, 3.05) is 21.3 Å². The lowest BCUT2D eigenvalue weighted by Gasteiger charge is -2.10. The fourth-order valence-corrected chi connectivity index (χ4v) is 1.09. The Morgan fingerprint density at radius 1 is 1.29 bits per heavy atom. The van der Waals surface area contributed by atoms with Gasteiger partial charge in [-0.25, -0.2) is 4.79 Å². The molecule has 14 heavy (non-hydrogen) atoms. The third-order valence-electron chi connectivity index (χ3n) is 1.73. The molecule has 1 radical (unpaired) electrons. The van der Waals surface area contributed by atoms with Crippen molar-refractivity contribution in [2.24, 2.45) is 0 Å². The SMILES string of the molecule is COC(=O)c1cc[c]c(OC)c1OC. The van der Waals surface area contributed by atoms with Crippen molar-refractivity contribution in [3.05, 3.63) is 23.8 Å². The smallest absolute Gasteiger partial charge is 0.341 e. The molecule has 0 spiro atoms. The van der Waals surface area contributed by atoms with Gasteiger partial charge >= 0.3 is 5.97 Å². The van der Waals surface area contributed by atoms with Gasteiger partial charge in [-0.1, -0.05) is 0 Å². The summed E-state index contributed by atoms with van der Waals surface area (Å²) >= 11 is 0. The maximum Gasteiger partial charge on any atom is 0.341 e. The Morgan fingerprint density at radius 2 is 2.00 bits per heavy atom. The number of carbonyl (C=O) groups excluding carboxylic acids is 1. The molecule has 1 aromatic rings. The van der Waals surface area contributed by atoms with Gasteiger partial charge in [0.25, 0.3) is 0 Å². The molecule has 0 saturated heterocycles. The van der Waals surface area contributed by atoms with Crippen LogP contribution >= 0.6 is 0 Å². The molecule has 1 aromatic carbocycles. The number of hydrogen-bond donors (Lipinski definition) is 0. The van der Waals surface area contributed by atoms with E-state index < -0.39 is 5.97 Å². The highest BCUT2D eigenvalue weighted by Gasteiger charge is 2.16. The monoisotopic (exact) mass is 195 g/mol. The fraction of sp³-hybridized carbons (Fsp3) is 0.300. The molecule has 0 fully saturated rings. The van der Waals surface area contributed by atoms with Gasteiger partial charge in [0.05, 0.1) is 21.3 Å². The standard InChI is InChI=1S/C10H11O4/c1-12-8-6-4-5-7(9(8)13-2)10(11)14-3/h4-5H,1-3H3. The van der Waals surface area contributed by atoms with E-state index in [0.717, 1.165) is 0 Å². The Hall–Kier alpha value is -1.71. The molecular formula is C10H11O4. The van der Waals surface area contributed by atoms with Gasteiger partial charge in [-0.15, -0.1) is 0 Å². The summed E-state index contributed by atoms with van der Waals surface area (Å²) in [6, 6.07) is 5.94. The summed E-state index contributed by atoms with van der Waals surface area (Å²) in [7, 11) is 4.25. The van der Waals surface area contributed by atoms with Crippen molar-refractivity contribution < 1.29 is 19.0 Å². The van der Waals surface area contributed by atoms with E-state index in [9.17, 15) is 4.79 Å². The Bertz CT molecular complexity index is 333. The van der Waals surface area contributed by atoms with E-state index in [-0.39, 0.29) is 0 Å². The third-order valence-corrected chi connectivity index (χ3v) is 1.73. The molecule has 0 heterocycles. The van der Waals surface area contributed by atoms with Gasteiger partial charge < -0.3 is 14.2 Å². The number of ether oxygens (including phenoxy) is 3. The first-order valence-electron chi connectivity index (χ1n) is 3.95. The van der Waals surface area contributed by atoms with Crippen LogP contribution in [0.25, 0.3) is 0 Å². The van der Waals surface area contributed by atoms with Crippen molar-refractivity contribution in [1.29, 1.82) is 0 Å². The summed E-state index contributed by atoms with van der Waals surface area (Å²) in [5.41, 5.74) is 0.325. The van der Waals surface area contributed by atoms with Gasteiger partial charge in [0.15, 0.2) is 11.5 Å². The van der Waals surface area contributed by atoms with E-state index in [4.69, 9.17) is 9.47 Å². The average molecular weight is 195 g/mol. The van der Waals surface area contributed by atoms with Crippen LogP contribution in [0.3, 0.4) is 0 Å². The Balaban J connectivity index is 3.21. The lowest BCUT2D eigenvalue weighted by molar-refractivity contribution is 0.0596. The van der Waals surface area contributed by atoms with Crippen molar-refractivity contribution in [3.8, 4) is 11.5 Å². The normalized spacial score (nSPS) is 9.36. The summed E-state index contributed by atoms with van der Waals surface area (Å²) < 4.78 is 14.6. The summed E-state index contributed by atoms with van der Waals surface area (Å²) in [4.78, 5) is 11.3. The average Bonchev–Trinajstić information content (AvgIpc) is 2.26. The molecule has 0 amide bonds. The molecule has 75 valence electrons. The van der Waals surface area contributed by atoms with Crippen LogP contribution in [0.15, 0.2) is 12.1 Å². The first kappa shape index (κ1) is 10.4. The molecule has 0 saturated carbocycles. The number of carbonyl (C=O) groups is 1. The summed E-state index contributed by atoms with van der Waals surface area (Å²) in [6.45, 7) is 0. The van der Waals surface area contributed by atoms with Crippen molar-refractivity contribution in [3.63, 3.8) is 0 Å². The summed E-state index contributed by atoms with van der Waals surface area (Å²) in [6.07, 6.45) is 0. The maximum absolute atomic E-state index is 11.3. The lowest BCUT2D eigenvalue weighted by atomic mass is 10.2.